The third-order valence-electron chi connectivity index (χ3n) is 0.992. The number of ether oxygens (including phenoxy) is 1. The lowest BCUT2D eigenvalue weighted by Crippen LogP contribution is -2.33. The average Bonchev–Trinajstić information content (AvgIpc) is 2.01. The largest absolute Gasteiger partial charge is 0.474 e. The van der Waals surface area contributed by atoms with Crippen LogP contribution in [0.2, 0.25) is 0 Å². The summed E-state index contributed by atoms with van der Waals surface area (Å²) in [7, 11) is 0. The molecule has 0 aromatic carbocycles. The number of nitrogens with one attached hydrogen (secondary N) is 1. The molecule has 0 bridgehead atoms. The second-order valence-electron chi connectivity index (χ2n) is 2.23. The molecule has 0 fully saturated rings. The average molecular weight is 215 g/mol. The van der Waals surface area contributed by atoms with Crippen LogP contribution < -0.4 is 5.32 Å². The molecule has 82 valence electrons. The van der Waals surface area contributed by atoms with Crippen LogP contribution in [0.3, 0.4) is 0 Å². The molecule has 0 saturated heterocycles. The minimum Gasteiger partial charge on any atom is -0.474 e. The molecule has 0 unspecified atom stereocenters. The van der Waals surface area contributed by atoms with Crippen LogP contribution >= 0.6 is 0 Å². The van der Waals surface area contributed by atoms with Crippen molar-refractivity contribution in [1.82, 2.24) is 5.32 Å². The van der Waals surface area contributed by atoms with Crippen LogP contribution in [0.25, 0.3) is 0 Å². The fourth-order valence-electron chi connectivity index (χ4n) is 0.500. The van der Waals surface area contributed by atoms with E-state index in [0.29, 0.717) is 0 Å². The molecule has 8 heteroatoms. The topological polar surface area (TPSA) is 75.6 Å². The smallest absolute Gasteiger partial charge is 0.411 e. The number of hydrogen-bond donors (Lipinski definition) is 2. The predicted molar refractivity (Wildman–Crippen MR) is 37.5 cm³/mol. The molecule has 0 aromatic rings. The van der Waals surface area contributed by atoms with E-state index < -0.39 is 31.3 Å². The van der Waals surface area contributed by atoms with Crippen LogP contribution in [-0.2, 0) is 14.3 Å². The van der Waals surface area contributed by atoms with Crippen molar-refractivity contribution in [2.75, 3.05) is 19.8 Å². The van der Waals surface area contributed by atoms with Gasteiger partial charge in [0.1, 0.15) is 6.61 Å². The van der Waals surface area contributed by atoms with E-state index >= 15 is 0 Å². The molecule has 0 saturated carbocycles. The molecule has 0 aliphatic heterocycles. The zero-order chi connectivity index (χ0) is 11.2. The summed E-state index contributed by atoms with van der Waals surface area (Å²) >= 11 is 0. The molecule has 0 aliphatic rings. The molecular weight excluding hydrogens is 207 g/mol. The zero-order valence-corrected chi connectivity index (χ0v) is 6.93. The monoisotopic (exact) mass is 215 g/mol. The second-order valence-corrected chi connectivity index (χ2v) is 2.23. The molecule has 5 nitrogen and oxygen atoms in total. The van der Waals surface area contributed by atoms with Crippen LogP contribution in [0.4, 0.5) is 13.2 Å². The number of halogens is 3. The van der Waals surface area contributed by atoms with Gasteiger partial charge in [-0.15, -0.1) is 0 Å². The number of alkyl halides is 3. The van der Waals surface area contributed by atoms with Gasteiger partial charge in [-0.3, -0.25) is 4.79 Å². The lowest BCUT2D eigenvalue weighted by atomic mass is 10.5. The van der Waals surface area contributed by atoms with Gasteiger partial charge in [-0.2, -0.15) is 13.2 Å². The van der Waals surface area contributed by atoms with Gasteiger partial charge < -0.3 is 15.2 Å². The molecule has 0 spiro atoms. The van der Waals surface area contributed by atoms with Crippen molar-refractivity contribution in [3.63, 3.8) is 0 Å². The molecule has 0 rings (SSSR count). The van der Waals surface area contributed by atoms with E-state index in [0.717, 1.165) is 0 Å². The lowest BCUT2D eigenvalue weighted by molar-refractivity contribution is -0.173. The SMILES string of the molecule is O=C(O)C(=O)NCCOCC(F)(F)F. The summed E-state index contributed by atoms with van der Waals surface area (Å²) in [5, 5.41) is 9.87. The van der Waals surface area contributed by atoms with Crippen molar-refractivity contribution in [2.24, 2.45) is 0 Å². The Bertz CT molecular complexity index is 216. The molecule has 0 aromatic heterocycles. The number of rotatable bonds is 4. The highest BCUT2D eigenvalue weighted by molar-refractivity contribution is 6.31. The number of carboxylic acid groups (broad SMARTS) is 1. The van der Waals surface area contributed by atoms with Gasteiger partial charge >= 0.3 is 18.1 Å². The fourth-order valence-corrected chi connectivity index (χ4v) is 0.500. The first-order valence-corrected chi connectivity index (χ1v) is 3.48. The van der Waals surface area contributed by atoms with Crippen molar-refractivity contribution >= 4 is 11.9 Å². The minimum atomic E-state index is -4.42. The number of amides is 1. The zero-order valence-electron chi connectivity index (χ0n) is 6.93. The third kappa shape index (κ3) is 7.35. The maximum Gasteiger partial charge on any atom is 0.411 e. The van der Waals surface area contributed by atoms with Crippen LogP contribution in [0, 0.1) is 0 Å². The van der Waals surface area contributed by atoms with E-state index in [2.05, 4.69) is 4.74 Å². The van der Waals surface area contributed by atoms with Gasteiger partial charge in [0, 0.05) is 6.54 Å². The molecule has 0 heterocycles. The quantitative estimate of drug-likeness (QED) is 0.501. The number of carbonyl (C=O) groups is 2. The Kier molecular flexibility index (Phi) is 4.92. The minimum absolute atomic E-state index is 0.277. The van der Waals surface area contributed by atoms with Crippen molar-refractivity contribution in [1.29, 1.82) is 0 Å². The third-order valence-corrected chi connectivity index (χ3v) is 0.992. The van der Waals surface area contributed by atoms with Crippen molar-refractivity contribution in [2.45, 2.75) is 6.18 Å². The Morgan fingerprint density at radius 1 is 1.36 bits per heavy atom. The van der Waals surface area contributed by atoms with Crippen LogP contribution in [0.15, 0.2) is 0 Å². The van der Waals surface area contributed by atoms with Gasteiger partial charge in [0.25, 0.3) is 0 Å². The first-order chi connectivity index (χ1) is 6.33. The lowest BCUT2D eigenvalue weighted by Gasteiger charge is -2.07. The molecule has 14 heavy (non-hydrogen) atoms. The summed E-state index contributed by atoms with van der Waals surface area (Å²) in [6.45, 7) is -2.09. The normalized spacial score (nSPS) is 11.1. The van der Waals surface area contributed by atoms with Gasteiger partial charge in [-0.05, 0) is 0 Å². The maximum atomic E-state index is 11.5. The van der Waals surface area contributed by atoms with Crippen LogP contribution in [-0.4, -0.2) is 42.9 Å². The van der Waals surface area contributed by atoms with Gasteiger partial charge in [-0.1, -0.05) is 0 Å². The van der Waals surface area contributed by atoms with E-state index in [1.54, 1.807) is 0 Å². The first kappa shape index (κ1) is 12.7. The Morgan fingerprint density at radius 2 is 1.93 bits per heavy atom. The van der Waals surface area contributed by atoms with Gasteiger partial charge in [-0.25, -0.2) is 4.79 Å². The number of aliphatic carboxylic acids is 1. The standard InChI is InChI=1S/C6H8F3NO4/c7-6(8,9)3-14-2-1-10-4(11)5(12)13/h1-3H2,(H,10,11)(H,12,13). The van der Waals surface area contributed by atoms with E-state index in [-0.39, 0.29) is 6.54 Å². The van der Waals surface area contributed by atoms with Crippen LogP contribution in [0.1, 0.15) is 0 Å². The van der Waals surface area contributed by atoms with E-state index in [1.165, 1.54) is 0 Å². The van der Waals surface area contributed by atoms with E-state index in [4.69, 9.17) is 5.11 Å². The molecule has 2 N–H and O–H groups in total. The summed E-state index contributed by atoms with van der Waals surface area (Å²) in [4.78, 5) is 20.2. The van der Waals surface area contributed by atoms with Crippen molar-refractivity contribution in [3.8, 4) is 0 Å². The van der Waals surface area contributed by atoms with Crippen LogP contribution in [0.5, 0.6) is 0 Å². The highest BCUT2D eigenvalue weighted by atomic mass is 19.4. The summed E-state index contributed by atoms with van der Waals surface area (Å²) in [6, 6.07) is 0. The summed E-state index contributed by atoms with van der Waals surface area (Å²) in [5.41, 5.74) is 0. The Labute approximate surface area is 76.8 Å². The molecular formula is C6H8F3NO4. The molecule has 0 aliphatic carbocycles. The first-order valence-electron chi connectivity index (χ1n) is 3.48. The van der Waals surface area contributed by atoms with E-state index in [1.807, 2.05) is 5.32 Å². The fraction of sp³-hybridized carbons (Fsp3) is 0.667. The molecule has 0 atom stereocenters. The Balaban J connectivity index is 3.39. The summed E-state index contributed by atoms with van der Waals surface area (Å²) < 4.78 is 38.5. The Morgan fingerprint density at radius 3 is 2.36 bits per heavy atom. The van der Waals surface area contributed by atoms with E-state index in [9.17, 15) is 22.8 Å². The van der Waals surface area contributed by atoms with Crippen molar-refractivity contribution in [3.05, 3.63) is 0 Å². The molecule has 0 radical (unpaired) electrons. The number of carboxylic acids is 1. The summed E-state index contributed by atoms with van der Waals surface area (Å²) in [5.74, 6) is -2.97. The maximum absolute atomic E-state index is 11.5. The number of carbonyl (C=O) groups excluding carboxylic acids is 1. The highest BCUT2D eigenvalue weighted by Gasteiger charge is 2.27. The molecule has 1 amide bonds. The van der Waals surface area contributed by atoms with Gasteiger partial charge in [0.05, 0.1) is 6.61 Å². The Hall–Kier alpha value is -1.31. The number of hydrogen-bond acceptors (Lipinski definition) is 3. The summed E-state index contributed by atoms with van der Waals surface area (Å²) in [6.07, 6.45) is -4.42. The van der Waals surface area contributed by atoms with Gasteiger partial charge in [0.15, 0.2) is 0 Å². The predicted octanol–water partition coefficient (Wildman–Crippen LogP) is -0.234. The highest BCUT2D eigenvalue weighted by Crippen LogP contribution is 2.13. The second kappa shape index (κ2) is 5.43. The van der Waals surface area contributed by atoms with Gasteiger partial charge in [0.2, 0.25) is 0 Å². The van der Waals surface area contributed by atoms with Crippen molar-refractivity contribution < 1.29 is 32.6 Å².